The van der Waals surface area contributed by atoms with Crippen molar-refractivity contribution >= 4 is 40.0 Å². The Morgan fingerprint density at radius 2 is 1.91 bits per heavy atom. The molecule has 10 heteroatoms. The first kappa shape index (κ1) is 24.8. The second-order valence-corrected chi connectivity index (χ2v) is 9.38. The Labute approximate surface area is 201 Å². The lowest BCUT2D eigenvalue weighted by molar-refractivity contribution is -0.113. The van der Waals surface area contributed by atoms with Crippen molar-refractivity contribution in [3.63, 3.8) is 0 Å². The van der Waals surface area contributed by atoms with Crippen molar-refractivity contribution in [1.82, 2.24) is 14.8 Å². The van der Waals surface area contributed by atoms with Gasteiger partial charge in [-0.05, 0) is 24.1 Å². The number of aromatic nitrogens is 3. The number of hydrogen-bond acceptors (Lipinski definition) is 8. The van der Waals surface area contributed by atoms with Crippen LogP contribution in [0.4, 0.5) is 5.00 Å². The van der Waals surface area contributed by atoms with E-state index in [0.717, 1.165) is 30.1 Å². The normalized spacial score (nSPS) is 11.0. The van der Waals surface area contributed by atoms with Gasteiger partial charge in [0.1, 0.15) is 22.1 Å². The maximum absolute atomic E-state index is 12.7. The molecule has 1 amide bonds. The first-order valence-corrected chi connectivity index (χ1v) is 12.5. The number of hydrogen-bond donors (Lipinski definition) is 1. The second-order valence-electron chi connectivity index (χ2n) is 7.56. The van der Waals surface area contributed by atoms with E-state index >= 15 is 0 Å². The van der Waals surface area contributed by atoms with Gasteiger partial charge in [0.2, 0.25) is 5.91 Å². The molecule has 3 aromatic rings. The van der Waals surface area contributed by atoms with E-state index in [9.17, 15) is 9.59 Å². The molecule has 0 radical (unpaired) electrons. The number of carbonyl (C=O) groups is 2. The highest BCUT2D eigenvalue weighted by Gasteiger charge is 2.23. The monoisotopic (exact) mass is 488 g/mol. The quantitative estimate of drug-likeness (QED) is 0.315. The zero-order chi connectivity index (χ0) is 24.0. The van der Waals surface area contributed by atoms with Crippen LogP contribution in [0.5, 0.6) is 5.75 Å². The van der Waals surface area contributed by atoms with E-state index in [2.05, 4.69) is 40.9 Å². The smallest absolute Gasteiger partial charge is 0.341 e. The number of ether oxygens (including phenoxy) is 2. The van der Waals surface area contributed by atoms with E-state index in [0.29, 0.717) is 21.3 Å². The fraction of sp³-hybridized carbons (Fsp3) is 0.391. The Bertz CT molecular complexity index is 1110. The number of methoxy groups -OCH3 is 2. The van der Waals surface area contributed by atoms with Crippen molar-refractivity contribution in [3.8, 4) is 16.9 Å². The molecule has 176 valence electrons. The summed E-state index contributed by atoms with van der Waals surface area (Å²) in [7, 11) is 2.92. The topological polar surface area (TPSA) is 95.3 Å². The number of amides is 1. The van der Waals surface area contributed by atoms with Crippen LogP contribution in [0.15, 0.2) is 34.8 Å². The summed E-state index contributed by atoms with van der Waals surface area (Å²) in [6.07, 6.45) is 0.948. The summed E-state index contributed by atoms with van der Waals surface area (Å²) in [4.78, 5) is 25.3. The van der Waals surface area contributed by atoms with Crippen LogP contribution in [0.1, 0.15) is 49.3 Å². The van der Waals surface area contributed by atoms with Crippen LogP contribution in [0.2, 0.25) is 0 Å². The average Bonchev–Trinajstić information content (AvgIpc) is 3.41. The standard InChI is InChI=1S/C23H28N4O4S2/c1-6-11-27-20(14(2)3)25-26-23(27)33-13-18(28)24-21-19(22(29)31-5)17(12-32-21)15-7-9-16(30-4)10-8-15/h7-10,12,14H,6,11,13H2,1-5H3,(H,24,28). The van der Waals surface area contributed by atoms with E-state index in [1.165, 1.54) is 30.2 Å². The van der Waals surface area contributed by atoms with Crippen molar-refractivity contribution in [3.05, 3.63) is 41.0 Å². The lowest BCUT2D eigenvalue weighted by Gasteiger charge is -2.11. The number of nitrogens with zero attached hydrogens (tertiary/aromatic N) is 3. The highest BCUT2D eigenvalue weighted by molar-refractivity contribution is 7.99. The van der Waals surface area contributed by atoms with E-state index < -0.39 is 5.97 Å². The van der Waals surface area contributed by atoms with Crippen LogP contribution in [0.25, 0.3) is 11.1 Å². The molecule has 8 nitrogen and oxygen atoms in total. The molecule has 2 aromatic heterocycles. The molecule has 0 saturated heterocycles. The Balaban J connectivity index is 1.77. The maximum Gasteiger partial charge on any atom is 0.341 e. The Morgan fingerprint density at radius 3 is 2.52 bits per heavy atom. The van der Waals surface area contributed by atoms with Gasteiger partial charge in [0, 0.05) is 23.4 Å². The highest BCUT2D eigenvalue weighted by atomic mass is 32.2. The first-order chi connectivity index (χ1) is 15.9. The Hall–Kier alpha value is -2.85. The van der Waals surface area contributed by atoms with Gasteiger partial charge in [0.05, 0.1) is 20.0 Å². The van der Waals surface area contributed by atoms with Gasteiger partial charge in [-0.2, -0.15) is 0 Å². The van der Waals surface area contributed by atoms with Gasteiger partial charge in [0.25, 0.3) is 0 Å². The lowest BCUT2D eigenvalue weighted by atomic mass is 10.0. The van der Waals surface area contributed by atoms with Gasteiger partial charge in [-0.15, -0.1) is 21.5 Å². The van der Waals surface area contributed by atoms with Gasteiger partial charge >= 0.3 is 5.97 Å². The summed E-state index contributed by atoms with van der Waals surface area (Å²) < 4.78 is 12.3. The summed E-state index contributed by atoms with van der Waals surface area (Å²) in [6.45, 7) is 7.04. The van der Waals surface area contributed by atoms with Gasteiger partial charge in [-0.1, -0.05) is 44.7 Å². The molecule has 0 bridgehead atoms. The summed E-state index contributed by atoms with van der Waals surface area (Å²) in [5.74, 6) is 1.29. The summed E-state index contributed by atoms with van der Waals surface area (Å²) in [5.41, 5.74) is 1.86. The molecule has 3 rings (SSSR count). The fourth-order valence-corrected chi connectivity index (χ4v) is 5.04. The van der Waals surface area contributed by atoms with Crippen molar-refractivity contribution < 1.29 is 19.1 Å². The zero-order valence-corrected chi connectivity index (χ0v) is 21.0. The van der Waals surface area contributed by atoms with Crippen molar-refractivity contribution in [2.75, 3.05) is 25.3 Å². The van der Waals surface area contributed by atoms with Crippen molar-refractivity contribution in [2.24, 2.45) is 0 Å². The van der Waals surface area contributed by atoms with Crippen molar-refractivity contribution in [1.29, 1.82) is 0 Å². The van der Waals surface area contributed by atoms with Crippen LogP contribution < -0.4 is 10.1 Å². The molecule has 1 N–H and O–H groups in total. The average molecular weight is 489 g/mol. The molecule has 0 fully saturated rings. The molecule has 0 unspecified atom stereocenters. The molecule has 1 aromatic carbocycles. The predicted molar refractivity (Wildman–Crippen MR) is 131 cm³/mol. The number of esters is 1. The third kappa shape index (κ3) is 5.75. The number of thioether (sulfide) groups is 1. The molecule has 0 aliphatic heterocycles. The maximum atomic E-state index is 12.7. The number of nitrogens with one attached hydrogen (secondary N) is 1. The lowest BCUT2D eigenvalue weighted by Crippen LogP contribution is -2.16. The number of rotatable bonds is 10. The molecule has 2 heterocycles. The zero-order valence-electron chi connectivity index (χ0n) is 19.4. The SMILES string of the molecule is CCCn1c(SCC(=O)Nc2scc(-c3ccc(OC)cc3)c2C(=O)OC)nnc1C(C)C. The highest BCUT2D eigenvalue weighted by Crippen LogP contribution is 2.37. The molecule has 0 aliphatic rings. The molecule has 0 aliphatic carbocycles. The summed E-state index contributed by atoms with van der Waals surface area (Å²) in [5, 5.41) is 14.4. The third-order valence-corrected chi connectivity index (χ3v) is 6.74. The van der Waals surface area contributed by atoms with E-state index in [1.807, 2.05) is 29.6 Å². The molecular weight excluding hydrogens is 460 g/mol. The number of thiophene rings is 1. The van der Waals surface area contributed by atoms with Crippen molar-refractivity contribution in [2.45, 2.75) is 44.8 Å². The first-order valence-electron chi connectivity index (χ1n) is 10.6. The van der Waals surface area contributed by atoms with Crippen LogP contribution in [0, 0.1) is 0 Å². The summed E-state index contributed by atoms with van der Waals surface area (Å²) >= 11 is 2.62. The predicted octanol–water partition coefficient (Wildman–Crippen LogP) is 5.07. The van der Waals surface area contributed by atoms with Gasteiger partial charge < -0.3 is 19.4 Å². The van der Waals surface area contributed by atoms with Crippen LogP contribution in [0.3, 0.4) is 0 Å². The summed E-state index contributed by atoms with van der Waals surface area (Å²) in [6, 6.07) is 7.37. The number of benzene rings is 1. The van der Waals surface area contributed by atoms with E-state index in [4.69, 9.17) is 9.47 Å². The molecule has 0 atom stereocenters. The van der Waals surface area contributed by atoms with Gasteiger partial charge in [-0.25, -0.2) is 4.79 Å². The molecule has 0 spiro atoms. The Morgan fingerprint density at radius 1 is 1.18 bits per heavy atom. The minimum absolute atomic E-state index is 0.149. The Kier molecular flexibility index (Phi) is 8.51. The van der Waals surface area contributed by atoms with Gasteiger partial charge in [0.15, 0.2) is 5.16 Å². The number of anilines is 1. The number of carbonyl (C=O) groups excluding carboxylic acids is 2. The minimum atomic E-state index is -0.505. The van der Waals surface area contributed by atoms with Crippen LogP contribution >= 0.6 is 23.1 Å². The van der Waals surface area contributed by atoms with E-state index in [-0.39, 0.29) is 17.6 Å². The second kappa shape index (κ2) is 11.3. The molecular formula is C23H28N4O4S2. The molecule has 0 saturated carbocycles. The largest absolute Gasteiger partial charge is 0.497 e. The minimum Gasteiger partial charge on any atom is -0.497 e. The van der Waals surface area contributed by atoms with Crippen LogP contribution in [-0.4, -0.2) is 46.6 Å². The molecule has 33 heavy (non-hydrogen) atoms. The third-order valence-electron chi connectivity index (χ3n) is 4.88. The van der Waals surface area contributed by atoms with Gasteiger partial charge in [-0.3, -0.25) is 4.79 Å². The van der Waals surface area contributed by atoms with E-state index in [1.54, 1.807) is 7.11 Å². The van der Waals surface area contributed by atoms with Crippen LogP contribution in [-0.2, 0) is 16.1 Å². The fourth-order valence-electron chi connectivity index (χ4n) is 3.30.